The summed E-state index contributed by atoms with van der Waals surface area (Å²) < 4.78 is 10.3. The second kappa shape index (κ2) is 9.30. The highest BCUT2D eigenvalue weighted by Crippen LogP contribution is 2.34. The number of carbonyl (C=O) groups is 3. The Labute approximate surface area is 187 Å². The summed E-state index contributed by atoms with van der Waals surface area (Å²) in [4.78, 5) is 42.3. The maximum Gasteiger partial charge on any atom is 0.332 e. The van der Waals surface area contributed by atoms with Crippen LogP contribution < -0.4 is 19.7 Å². The summed E-state index contributed by atoms with van der Waals surface area (Å²) in [7, 11) is 3.13. The monoisotopic (exact) mass is 437 g/mol. The van der Waals surface area contributed by atoms with Crippen LogP contribution >= 0.6 is 0 Å². The van der Waals surface area contributed by atoms with Gasteiger partial charge in [-0.3, -0.25) is 9.59 Å². The number of amides is 4. The molecular weight excluding hydrogens is 410 g/mol. The fourth-order valence-corrected chi connectivity index (χ4v) is 4.42. The van der Waals surface area contributed by atoms with Gasteiger partial charge >= 0.3 is 6.03 Å². The zero-order valence-corrected chi connectivity index (χ0v) is 18.2. The molecule has 0 aromatic heterocycles. The van der Waals surface area contributed by atoms with Crippen molar-refractivity contribution < 1.29 is 23.9 Å². The van der Waals surface area contributed by atoms with Gasteiger partial charge in [0.05, 0.1) is 26.3 Å². The predicted molar refractivity (Wildman–Crippen MR) is 120 cm³/mol. The molecule has 1 saturated heterocycles. The second-order valence-electron chi connectivity index (χ2n) is 8.00. The molecule has 0 bridgehead atoms. The number of anilines is 2. The normalized spacial score (nSPS) is 18.9. The van der Waals surface area contributed by atoms with E-state index in [1.807, 2.05) is 0 Å². The highest BCUT2D eigenvalue weighted by molar-refractivity contribution is 6.22. The fraction of sp³-hybridized carbons (Fsp3) is 0.375. The molecule has 1 atom stereocenters. The van der Waals surface area contributed by atoms with E-state index in [4.69, 9.17) is 9.47 Å². The van der Waals surface area contributed by atoms with E-state index in [9.17, 15) is 14.4 Å². The number of urea groups is 1. The number of ether oxygens (including phenoxy) is 2. The summed E-state index contributed by atoms with van der Waals surface area (Å²) in [5, 5.41) is 2.82. The molecule has 168 valence electrons. The quantitative estimate of drug-likeness (QED) is 0.666. The van der Waals surface area contributed by atoms with Crippen molar-refractivity contribution in [3.05, 3.63) is 48.5 Å². The number of nitrogens with one attached hydrogen (secondary N) is 1. The summed E-state index contributed by atoms with van der Waals surface area (Å²) >= 11 is 0. The smallest absolute Gasteiger partial charge is 0.332 e. The lowest BCUT2D eigenvalue weighted by atomic mass is 10.1. The van der Waals surface area contributed by atoms with Gasteiger partial charge in [0.15, 0.2) is 0 Å². The Balaban J connectivity index is 1.55. The summed E-state index contributed by atoms with van der Waals surface area (Å²) in [6.45, 7) is 0. The van der Waals surface area contributed by atoms with Crippen molar-refractivity contribution in [3.63, 3.8) is 0 Å². The van der Waals surface area contributed by atoms with E-state index in [0.29, 0.717) is 22.9 Å². The minimum absolute atomic E-state index is 0.0338. The van der Waals surface area contributed by atoms with Gasteiger partial charge in [0.2, 0.25) is 5.91 Å². The van der Waals surface area contributed by atoms with Crippen molar-refractivity contribution in [2.45, 2.75) is 44.2 Å². The number of nitrogens with zero attached hydrogens (tertiary/aromatic N) is 2. The van der Waals surface area contributed by atoms with Gasteiger partial charge < -0.3 is 19.7 Å². The largest absolute Gasteiger partial charge is 0.497 e. The lowest BCUT2D eigenvalue weighted by Gasteiger charge is -2.27. The summed E-state index contributed by atoms with van der Waals surface area (Å²) in [6, 6.07) is 12.5. The Kier molecular flexibility index (Phi) is 6.30. The Morgan fingerprint density at radius 1 is 0.938 bits per heavy atom. The molecule has 1 N–H and O–H groups in total. The second-order valence-corrected chi connectivity index (χ2v) is 8.00. The number of hydrogen-bond acceptors (Lipinski definition) is 5. The number of methoxy groups -OCH3 is 2. The Hall–Kier alpha value is -3.55. The average molecular weight is 437 g/mol. The SMILES string of the molecule is COc1ccc(NC(=O)CC2C(=O)N(c3ccc(OC)cc3)C(=O)N2C2CCCC2)cc1. The Bertz CT molecular complexity index is 984. The van der Waals surface area contributed by atoms with Gasteiger partial charge in [0, 0.05) is 11.7 Å². The van der Waals surface area contributed by atoms with Gasteiger partial charge in [-0.25, -0.2) is 9.69 Å². The van der Waals surface area contributed by atoms with Crippen LogP contribution in [0.3, 0.4) is 0 Å². The van der Waals surface area contributed by atoms with Crippen molar-refractivity contribution in [1.82, 2.24) is 4.90 Å². The van der Waals surface area contributed by atoms with Crippen LogP contribution in [0.4, 0.5) is 16.2 Å². The van der Waals surface area contributed by atoms with Crippen LogP contribution in [0.25, 0.3) is 0 Å². The van der Waals surface area contributed by atoms with E-state index in [2.05, 4.69) is 5.32 Å². The fourth-order valence-electron chi connectivity index (χ4n) is 4.42. The topological polar surface area (TPSA) is 88.2 Å². The molecule has 1 aliphatic carbocycles. The lowest BCUT2D eigenvalue weighted by Crippen LogP contribution is -2.43. The molecule has 8 nitrogen and oxygen atoms in total. The summed E-state index contributed by atoms with van der Waals surface area (Å²) in [5.74, 6) is 0.621. The van der Waals surface area contributed by atoms with E-state index in [1.165, 1.54) is 4.90 Å². The predicted octanol–water partition coefficient (Wildman–Crippen LogP) is 3.81. The van der Waals surface area contributed by atoms with Crippen LogP contribution in [0.2, 0.25) is 0 Å². The van der Waals surface area contributed by atoms with E-state index in [0.717, 1.165) is 25.7 Å². The molecule has 1 unspecified atom stereocenters. The Morgan fingerprint density at radius 3 is 2.06 bits per heavy atom. The molecule has 32 heavy (non-hydrogen) atoms. The first-order valence-corrected chi connectivity index (χ1v) is 10.8. The first-order chi connectivity index (χ1) is 15.5. The molecule has 0 spiro atoms. The van der Waals surface area contributed by atoms with E-state index >= 15 is 0 Å². The molecule has 8 heteroatoms. The molecule has 2 aliphatic rings. The Morgan fingerprint density at radius 2 is 1.50 bits per heavy atom. The maximum absolute atomic E-state index is 13.3. The number of rotatable bonds is 7. The lowest BCUT2D eigenvalue weighted by molar-refractivity contribution is -0.124. The zero-order chi connectivity index (χ0) is 22.7. The highest BCUT2D eigenvalue weighted by atomic mass is 16.5. The standard InChI is InChI=1S/C24H27N3O5/c1-31-19-11-7-16(8-12-19)25-22(28)15-21-23(29)27(18-9-13-20(32-2)14-10-18)24(30)26(21)17-5-3-4-6-17/h7-14,17,21H,3-6,15H2,1-2H3,(H,25,28). The molecule has 2 aromatic carbocycles. The van der Waals surface area contributed by atoms with Gasteiger partial charge in [-0.2, -0.15) is 0 Å². The van der Waals surface area contributed by atoms with Gasteiger partial charge in [0.25, 0.3) is 5.91 Å². The molecule has 1 saturated carbocycles. The number of hydrogen-bond donors (Lipinski definition) is 1. The van der Waals surface area contributed by atoms with E-state index < -0.39 is 6.04 Å². The van der Waals surface area contributed by atoms with Crippen LogP contribution in [0.1, 0.15) is 32.1 Å². The first kappa shape index (κ1) is 21.7. The molecule has 2 fully saturated rings. The molecule has 4 rings (SSSR count). The van der Waals surface area contributed by atoms with Crippen molar-refractivity contribution in [1.29, 1.82) is 0 Å². The molecular formula is C24H27N3O5. The summed E-state index contributed by atoms with van der Waals surface area (Å²) in [6.07, 6.45) is 3.60. The number of imide groups is 1. The van der Waals surface area contributed by atoms with Crippen molar-refractivity contribution in [2.75, 3.05) is 24.4 Å². The van der Waals surface area contributed by atoms with Crippen LogP contribution in [0.15, 0.2) is 48.5 Å². The maximum atomic E-state index is 13.3. The molecule has 2 aromatic rings. The average Bonchev–Trinajstić information content (AvgIpc) is 3.41. The first-order valence-electron chi connectivity index (χ1n) is 10.8. The van der Waals surface area contributed by atoms with Crippen LogP contribution in [0.5, 0.6) is 11.5 Å². The minimum Gasteiger partial charge on any atom is -0.497 e. The van der Waals surface area contributed by atoms with Crippen molar-refractivity contribution in [3.8, 4) is 11.5 Å². The van der Waals surface area contributed by atoms with Gasteiger partial charge in [-0.15, -0.1) is 0 Å². The van der Waals surface area contributed by atoms with Gasteiger partial charge in [-0.1, -0.05) is 12.8 Å². The third-order valence-corrected chi connectivity index (χ3v) is 6.05. The van der Waals surface area contributed by atoms with E-state index in [-0.39, 0.29) is 30.3 Å². The molecule has 4 amide bonds. The molecule has 0 radical (unpaired) electrons. The zero-order valence-electron chi connectivity index (χ0n) is 18.2. The van der Waals surface area contributed by atoms with Gasteiger partial charge in [0.1, 0.15) is 17.5 Å². The third-order valence-electron chi connectivity index (χ3n) is 6.05. The van der Waals surface area contributed by atoms with Crippen LogP contribution in [0, 0.1) is 0 Å². The van der Waals surface area contributed by atoms with Crippen LogP contribution in [-0.4, -0.2) is 49.0 Å². The van der Waals surface area contributed by atoms with Crippen LogP contribution in [-0.2, 0) is 9.59 Å². The molecule has 1 heterocycles. The van der Waals surface area contributed by atoms with Crippen molar-refractivity contribution >= 4 is 29.2 Å². The highest BCUT2D eigenvalue weighted by Gasteiger charge is 2.49. The number of benzene rings is 2. The molecule has 1 aliphatic heterocycles. The third kappa shape index (κ3) is 4.26. The van der Waals surface area contributed by atoms with Crippen molar-refractivity contribution in [2.24, 2.45) is 0 Å². The minimum atomic E-state index is -0.828. The summed E-state index contributed by atoms with van der Waals surface area (Å²) in [5.41, 5.74) is 1.08. The van der Waals surface area contributed by atoms with E-state index in [1.54, 1.807) is 67.7 Å². The van der Waals surface area contributed by atoms with Gasteiger partial charge in [-0.05, 0) is 61.4 Å². The number of carbonyl (C=O) groups excluding carboxylic acids is 3.